The average molecular weight is 223 g/mol. The molecule has 1 heterocycles. The first-order chi connectivity index (χ1) is 7.79. The van der Waals surface area contributed by atoms with Gasteiger partial charge in [0, 0.05) is 32.1 Å². The quantitative estimate of drug-likeness (QED) is 0.729. The third-order valence-electron chi connectivity index (χ3n) is 3.52. The van der Waals surface area contributed by atoms with E-state index in [1.807, 2.05) is 12.4 Å². The Bertz CT molecular complexity index is 331. The number of nitrogens with one attached hydrogen (secondary N) is 1. The molecular formula is C12H21N3O. The number of aliphatic hydroxyl groups excluding tert-OH is 1. The van der Waals surface area contributed by atoms with Crippen molar-refractivity contribution in [3.8, 4) is 0 Å². The molecule has 0 unspecified atom stereocenters. The summed E-state index contributed by atoms with van der Waals surface area (Å²) in [5.74, 6) is 1.10. The molecule has 90 valence electrons. The lowest BCUT2D eigenvalue weighted by Crippen LogP contribution is -2.25. The number of aliphatic hydroxyl groups is 1. The number of rotatable bonds is 7. The van der Waals surface area contributed by atoms with Gasteiger partial charge in [-0.05, 0) is 31.6 Å². The van der Waals surface area contributed by atoms with E-state index in [1.54, 1.807) is 0 Å². The summed E-state index contributed by atoms with van der Waals surface area (Å²) in [5, 5.41) is 12.4. The van der Waals surface area contributed by atoms with E-state index in [4.69, 9.17) is 5.11 Å². The maximum Gasteiger partial charge on any atom is 0.122 e. The predicted molar refractivity (Wildman–Crippen MR) is 63.0 cm³/mol. The number of hydrogen-bond acceptors (Lipinski definition) is 3. The van der Waals surface area contributed by atoms with Crippen LogP contribution in [0.5, 0.6) is 0 Å². The Hall–Kier alpha value is -0.870. The maximum absolute atomic E-state index is 8.96. The molecule has 1 fully saturated rings. The summed E-state index contributed by atoms with van der Waals surface area (Å²) in [4.78, 5) is 4.32. The van der Waals surface area contributed by atoms with Gasteiger partial charge in [0.05, 0.1) is 6.54 Å². The van der Waals surface area contributed by atoms with E-state index < -0.39 is 0 Å². The van der Waals surface area contributed by atoms with E-state index in [1.165, 1.54) is 12.8 Å². The Kier molecular flexibility index (Phi) is 3.61. The molecule has 4 heteroatoms. The molecule has 1 aliphatic carbocycles. The van der Waals surface area contributed by atoms with Crippen LogP contribution in [0.4, 0.5) is 0 Å². The topological polar surface area (TPSA) is 50.1 Å². The Balaban J connectivity index is 1.76. The van der Waals surface area contributed by atoms with E-state index in [0.29, 0.717) is 12.0 Å². The van der Waals surface area contributed by atoms with Gasteiger partial charge in [-0.2, -0.15) is 0 Å². The molecule has 1 aromatic rings. The van der Waals surface area contributed by atoms with Crippen LogP contribution in [0.25, 0.3) is 0 Å². The Morgan fingerprint density at radius 1 is 1.56 bits per heavy atom. The third-order valence-corrected chi connectivity index (χ3v) is 3.52. The molecule has 0 atom stereocenters. The highest BCUT2D eigenvalue weighted by Crippen LogP contribution is 2.47. The highest BCUT2D eigenvalue weighted by atomic mass is 16.3. The van der Waals surface area contributed by atoms with Gasteiger partial charge in [0.1, 0.15) is 5.82 Å². The fourth-order valence-corrected chi connectivity index (χ4v) is 2.16. The Morgan fingerprint density at radius 2 is 2.38 bits per heavy atom. The van der Waals surface area contributed by atoms with Crippen LogP contribution in [0, 0.1) is 5.41 Å². The summed E-state index contributed by atoms with van der Waals surface area (Å²) >= 11 is 0. The van der Waals surface area contributed by atoms with Crippen LogP contribution in [0.2, 0.25) is 0 Å². The Labute approximate surface area is 96.7 Å². The number of aromatic nitrogens is 2. The molecule has 4 nitrogen and oxygen atoms in total. The molecule has 0 spiro atoms. The van der Waals surface area contributed by atoms with Crippen molar-refractivity contribution in [3.63, 3.8) is 0 Å². The molecule has 1 aliphatic rings. The summed E-state index contributed by atoms with van der Waals surface area (Å²) in [7, 11) is 0. The molecule has 0 bridgehead atoms. The van der Waals surface area contributed by atoms with E-state index in [0.717, 1.165) is 31.9 Å². The minimum atomic E-state index is 0.311. The van der Waals surface area contributed by atoms with Crippen LogP contribution in [0.15, 0.2) is 12.4 Å². The van der Waals surface area contributed by atoms with Crippen LogP contribution in [-0.2, 0) is 13.1 Å². The highest BCUT2D eigenvalue weighted by Gasteiger charge is 2.41. The SMILES string of the molecule is CCn1ccnc1CNCC1(CCO)CC1. The minimum absolute atomic E-state index is 0.311. The summed E-state index contributed by atoms with van der Waals surface area (Å²) in [6.45, 7) is 5.24. The van der Waals surface area contributed by atoms with E-state index >= 15 is 0 Å². The second-order valence-corrected chi connectivity index (χ2v) is 4.71. The van der Waals surface area contributed by atoms with Crippen molar-refractivity contribution in [1.82, 2.24) is 14.9 Å². The molecule has 0 radical (unpaired) electrons. The highest BCUT2D eigenvalue weighted by molar-refractivity contribution is 4.96. The molecule has 0 aromatic carbocycles. The molecule has 0 saturated heterocycles. The first-order valence-corrected chi connectivity index (χ1v) is 6.11. The van der Waals surface area contributed by atoms with Crippen LogP contribution < -0.4 is 5.32 Å². The van der Waals surface area contributed by atoms with Crippen molar-refractivity contribution in [2.45, 2.75) is 39.3 Å². The molecule has 0 aliphatic heterocycles. The minimum Gasteiger partial charge on any atom is -0.396 e. The van der Waals surface area contributed by atoms with Crippen LogP contribution >= 0.6 is 0 Å². The Morgan fingerprint density at radius 3 is 3.00 bits per heavy atom. The zero-order chi connectivity index (χ0) is 11.4. The lowest BCUT2D eigenvalue weighted by Gasteiger charge is -2.14. The standard InChI is InChI=1S/C12H21N3O/c1-2-15-7-6-14-11(15)9-13-10-12(3-4-12)5-8-16/h6-7,13,16H,2-5,8-10H2,1H3. The molecule has 1 saturated carbocycles. The normalized spacial score (nSPS) is 17.6. The molecule has 2 N–H and O–H groups in total. The van der Waals surface area contributed by atoms with E-state index in [-0.39, 0.29) is 0 Å². The number of hydrogen-bond donors (Lipinski definition) is 2. The zero-order valence-corrected chi connectivity index (χ0v) is 9.95. The summed E-state index contributed by atoms with van der Waals surface area (Å²) in [6.07, 6.45) is 7.30. The second-order valence-electron chi connectivity index (χ2n) is 4.71. The van der Waals surface area contributed by atoms with E-state index in [2.05, 4.69) is 21.8 Å². The van der Waals surface area contributed by atoms with Gasteiger partial charge in [-0.15, -0.1) is 0 Å². The van der Waals surface area contributed by atoms with Crippen molar-refractivity contribution in [3.05, 3.63) is 18.2 Å². The molecule has 2 rings (SSSR count). The summed E-state index contributed by atoms with van der Waals surface area (Å²) < 4.78 is 2.15. The molecule has 1 aromatic heterocycles. The van der Waals surface area contributed by atoms with Gasteiger partial charge >= 0.3 is 0 Å². The maximum atomic E-state index is 8.96. The van der Waals surface area contributed by atoms with Gasteiger partial charge in [-0.1, -0.05) is 0 Å². The zero-order valence-electron chi connectivity index (χ0n) is 9.95. The van der Waals surface area contributed by atoms with Gasteiger partial charge in [0.15, 0.2) is 0 Å². The predicted octanol–water partition coefficient (Wildman–Crippen LogP) is 1.16. The van der Waals surface area contributed by atoms with E-state index in [9.17, 15) is 0 Å². The number of aryl methyl sites for hydroxylation is 1. The van der Waals surface area contributed by atoms with Crippen molar-refractivity contribution in [1.29, 1.82) is 0 Å². The van der Waals surface area contributed by atoms with Gasteiger partial charge < -0.3 is 15.0 Å². The summed E-state index contributed by atoms with van der Waals surface area (Å²) in [5.41, 5.74) is 0.387. The van der Waals surface area contributed by atoms with Crippen molar-refractivity contribution >= 4 is 0 Å². The molecule has 16 heavy (non-hydrogen) atoms. The third kappa shape index (κ3) is 2.62. The van der Waals surface area contributed by atoms with Crippen molar-refractivity contribution in [2.24, 2.45) is 5.41 Å². The average Bonchev–Trinajstić information content (AvgIpc) is 2.90. The number of imidazole rings is 1. The smallest absolute Gasteiger partial charge is 0.122 e. The van der Waals surface area contributed by atoms with Gasteiger partial charge in [0.2, 0.25) is 0 Å². The van der Waals surface area contributed by atoms with Crippen molar-refractivity contribution in [2.75, 3.05) is 13.2 Å². The fourth-order valence-electron chi connectivity index (χ4n) is 2.16. The molecule has 0 amide bonds. The van der Waals surface area contributed by atoms with Crippen molar-refractivity contribution < 1.29 is 5.11 Å². The molecular weight excluding hydrogens is 202 g/mol. The largest absolute Gasteiger partial charge is 0.396 e. The van der Waals surface area contributed by atoms with Crippen LogP contribution in [0.1, 0.15) is 32.0 Å². The number of nitrogens with zero attached hydrogens (tertiary/aromatic N) is 2. The second kappa shape index (κ2) is 4.97. The lowest BCUT2D eigenvalue weighted by molar-refractivity contribution is 0.245. The van der Waals surface area contributed by atoms with Crippen LogP contribution in [0.3, 0.4) is 0 Å². The first kappa shape index (κ1) is 11.6. The summed E-state index contributed by atoms with van der Waals surface area (Å²) in [6, 6.07) is 0. The van der Waals surface area contributed by atoms with Crippen LogP contribution in [-0.4, -0.2) is 27.8 Å². The lowest BCUT2D eigenvalue weighted by atomic mass is 10.0. The van der Waals surface area contributed by atoms with Gasteiger partial charge in [-0.25, -0.2) is 4.98 Å². The first-order valence-electron chi connectivity index (χ1n) is 6.11. The van der Waals surface area contributed by atoms with Gasteiger partial charge in [-0.3, -0.25) is 0 Å². The monoisotopic (exact) mass is 223 g/mol. The van der Waals surface area contributed by atoms with Gasteiger partial charge in [0.25, 0.3) is 0 Å². The fraction of sp³-hybridized carbons (Fsp3) is 0.750.